The second-order valence-corrected chi connectivity index (χ2v) is 5.50. The van der Waals surface area contributed by atoms with Gasteiger partial charge >= 0.3 is 0 Å². The number of H-pyrrole nitrogens is 1. The molecule has 0 spiro atoms. The molecule has 0 unspecified atom stereocenters. The van der Waals surface area contributed by atoms with Crippen molar-refractivity contribution >= 4 is 17.0 Å². The van der Waals surface area contributed by atoms with E-state index in [0.717, 1.165) is 55.2 Å². The van der Waals surface area contributed by atoms with Gasteiger partial charge in [-0.05, 0) is 31.9 Å². The molecule has 5 nitrogen and oxygen atoms in total. The minimum Gasteiger partial charge on any atom is -0.357 e. The first-order valence-electron chi connectivity index (χ1n) is 7.98. The lowest BCUT2D eigenvalue weighted by atomic mass is 10.2. The Balaban J connectivity index is 1.57. The maximum absolute atomic E-state index is 4.65. The van der Waals surface area contributed by atoms with Gasteiger partial charge in [0.2, 0.25) is 0 Å². The largest absolute Gasteiger partial charge is 0.357 e. The van der Waals surface area contributed by atoms with Crippen LogP contribution in [0.3, 0.4) is 0 Å². The Morgan fingerprint density at radius 1 is 1.32 bits per heavy atom. The normalized spacial score (nSPS) is 15.6. The summed E-state index contributed by atoms with van der Waals surface area (Å²) in [6.45, 7) is 3.68. The summed E-state index contributed by atoms with van der Waals surface area (Å²) in [6, 6.07) is 8.58. The van der Waals surface area contributed by atoms with Gasteiger partial charge in [0.1, 0.15) is 5.82 Å². The van der Waals surface area contributed by atoms with E-state index in [4.69, 9.17) is 0 Å². The Bertz CT molecular complexity index is 629. The molecule has 0 fully saturated rings. The van der Waals surface area contributed by atoms with E-state index in [0.29, 0.717) is 6.04 Å². The number of aromatic nitrogens is 2. The van der Waals surface area contributed by atoms with E-state index in [-0.39, 0.29) is 0 Å². The number of imidazole rings is 1. The third-order valence-corrected chi connectivity index (χ3v) is 3.75. The molecule has 0 radical (unpaired) electrons. The zero-order chi connectivity index (χ0) is 15.2. The molecule has 1 aromatic carbocycles. The maximum Gasteiger partial charge on any atom is 0.191 e. The van der Waals surface area contributed by atoms with Gasteiger partial charge < -0.3 is 15.6 Å². The van der Waals surface area contributed by atoms with E-state index < -0.39 is 0 Å². The van der Waals surface area contributed by atoms with Crippen molar-refractivity contribution in [2.45, 2.75) is 32.2 Å². The van der Waals surface area contributed by atoms with Gasteiger partial charge in [-0.15, -0.1) is 0 Å². The van der Waals surface area contributed by atoms with E-state index in [9.17, 15) is 0 Å². The van der Waals surface area contributed by atoms with Crippen molar-refractivity contribution in [1.29, 1.82) is 0 Å². The third kappa shape index (κ3) is 3.67. The minimum absolute atomic E-state index is 0.476. The van der Waals surface area contributed by atoms with Gasteiger partial charge in [-0.3, -0.25) is 4.99 Å². The third-order valence-electron chi connectivity index (χ3n) is 3.75. The summed E-state index contributed by atoms with van der Waals surface area (Å²) >= 11 is 0. The summed E-state index contributed by atoms with van der Waals surface area (Å²) in [4.78, 5) is 12.6. The van der Waals surface area contributed by atoms with Crippen LogP contribution in [0.1, 0.15) is 25.6 Å². The summed E-state index contributed by atoms with van der Waals surface area (Å²) in [5, 5.41) is 6.78. The highest BCUT2D eigenvalue weighted by Gasteiger charge is 2.11. The molecule has 3 N–H and O–H groups in total. The van der Waals surface area contributed by atoms with Gasteiger partial charge in [0.25, 0.3) is 0 Å². The van der Waals surface area contributed by atoms with Crippen LogP contribution in [-0.4, -0.2) is 35.1 Å². The van der Waals surface area contributed by atoms with Crippen molar-refractivity contribution in [1.82, 2.24) is 20.6 Å². The van der Waals surface area contributed by atoms with Crippen LogP contribution in [0.5, 0.6) is 0 Å². The van der Waals surface area contributed by atoms with Crippen molar-refractivity contribution in [3.05, 3.63) is 42.2 Å². The highest BCUT2D eigenvalue weighted by atomic mass is 15.2. The summed E-state index contributed by atoms with van der Waals surface area (Å²) in [5.41, 5.74) is 2.10. The van der Waals surface area contributed by atoms with Gasteiger partial charge in [-0.25, -0.2) is 4.98 Å². The van der Waals surface area contributed by atoms with Gasteiger partial charge in [0, 0.05) is 25.6 Å². The minimum atomic E-state index is 0.476. The second kappa shape index (κ2) is 7.11. The molecule has 0 aliphatic heterocycles. The van der Waals surface area contributed by atoms with Gasteiger partial charge in [-0.1, -0.05) is 24.3 Å². The van der Waals surface area contributed by atoms with Crippen LogP contribution in [0.15, 0.2) is 41.4 Å². The number of hydrogen-bond acceptors (Lipinski definition) is 2. The first kappa shape index (κ1) is 14.6. The molecule has 2 aromatic rings. The SMILES string of the molecule is CCNC(=NCCc1nc2ccccc2[nH]1)NC1CC=CC1. The van der Waals surface area contributed by atoms with Crippen LogP contribution in [0.4, 0.5) is 0 Å². The molecule has 1 aromatic heterocycles. The Morgan fingerprint density at radius 2 is 2.14 bits per heavy atom. The predicted molar refractivity (Wildman–Crippen MR) is 91.1 cm³/mol. The van der Waals surface area contributed by atoms with Gasteiger partial charge in [0.15, 0.2) is 5.96 Å². The molecule has 0 amide bonds. The fourth-order valence-corrected chi connectivity index (χ4v) is 2.65. The van der Waals surface area contributed by atoms with Crippen molar-refractivity contribution < 1.29 is 0 Å². The molecule has 0 saturated heterocycles. The molecule has 5 heteroatoms. The second-order valence-electron chi connectivity index (χ2n) is 5.50. The number of hydrogen-bond donors (Lipinski definition) is 3. The maximum atomic E-state index is 4.65. The standard InChI is InChI=1S/C17H23N5/c1-2-18-17(20-13-7-3-4-8-13)19-12-11-16-21-14-9-5-6-10-15(14)22-16/h3-6,9-10,13H,2,7-8,11-12H2,1H3,(H,21,22)(H2,18,19,20). The predicted octanol–water partition coefficient (Wildman–Crippen LogP) is 2.38. The number of guanidine groups is 1. The molecule has 22 heavy (non-hydrogen) atoms. The number of para-hydroxylation sites is 2. The van der Waals surface area contributed by atoms with Crippen LogP contribution in [0, 0.1) is 0 Å². The van der Waals surface area contributed by atoms with Crippen molar-refractivity contribution in [2.24, 2.45) is 4.99 Å². The molecule has 3 rings (SSSR count). The van der Waals surface area contributed by atoms with Crippen molar-refractivity contribution in [2.75, 3.05) is 13.1 Å². The van der Waals surface area contributed by atoms with Crippen LogP contribution in [0.2, 0.25) is 0 Å². The van der Waals surface area contributed by atoms with Gasteiger partial charge in [0.05, 0.1) is 11.0 Å². The number of aliphatic imine (C=N–C) groups is 1. The molecule has 0 saturated carbocycles. The average Bonchev–Trinajstić information content (AvgIpc) is 3.16. The van der Waals surface area contributed by atoms with E-state index in [2.05, 4.69) is 44.7 Å². The highest BCUT2D eigenvalue weighted by molar-refractivity contribution is 5.80. The summed E-state index contributed by atoms with van der Waals surface area (Å²) in [5.74, 6) is 1.88. The first-order valence-corrected chi connectivity index (χ1v) is 7.98. The summed E-state index contributed by atoms with van der Waals surface area (Å²) in [7, 11) is 0. The lowest BCUT2D eigenvalue weighted by Gasteiger charge is -2.16. The first-order chi connectivity index (χ1) is 10.8. The topological polar surface area (TPSA) is 65.1 Å². The van der Waals surface area contributed by atoms with Crippen LogP contribution in [0.25, 0.3) is 11.0 Å². The molecule has 116 valence electrons. The number of benzene rings is 1. The number of aromatic amines is 1. The monoisotopic (exact) mass is 297 g/mol. The Labute approximate surface area is 130 Å². The highest BCUT2D eigenvalue weighted by Crippen LogP contribution is 2.11. The van der Waals surface area contributed by atoms with E-state index >= 15 is 0 Å². The molecule has 0 bridgehead atoms. The number of nitrogens with one attached hydrogen (secondary N) is 3. The van der Waals surface area contributed by atoms with E-state index in [1.807, 2.05) is 24.3 Å². The molecule has 1 heterocycles. The lowest BCUT2D eigenvalue weighted by molar-refractivity contribution is 0.633. The number of fused-ring (bicyclic) bond motifs is 1. The molecule has 1 aliphatic carbocycles. The fourth-order valence-electron chi connectivity index (χ4n) is 2.65. The van der Waals surface area contributed by atoms with Crippen molar-refractivity contribution in [3.8, 4) is 0 Å². The van der Waals surface area contributed by atoms with Crippen LogP contribution >= 0.6 is 0 Å². The van der Waals surface area contributed by atoms with E-state index in [1.165, 1.54) is 0 Å². The van der Waals surface area contributed by atoms with Crippen LogP contribution < -0.4 is 10.6 Å². The fraction of sp³-hybridized carbons (Fsp3) is 0.412. The number of nitrogens with zero attached hydrogens (tertiary/aromatic N) is 2. The molecule has 0 atom stereocenters. The lowest BCUT2D eigenvalue weighted by Crippen LogP contribution is -2.42. The molecule has 1 aliphatic rings. The van der Waals surface area contributed by atoms with Crippen LogP contribution in [-0.2, 0) is 6.42 Å². The molecular formula is C17H23N5. The quantitative estimate of drug-likeness (QED) is 0.451. The van der Waals surface area contributed by atoms with Crippen molar-refractivity contribution in [3.63, 3.8) is 0 Å². The molecular weight excluding hydrogens is 274 g/mol. The number of rotatable bonds is 5. The summed E-state index contributed by atoms with van der Waals surface area (Å²) < 4.78 is 0. The van der Waals surface area contributed by atoms with Gasteiger partial charge in [-0.2, -0.15) is 0 Å². The Hall–Kier alpha value is -2.30. The summed E-state index contributed by atoms with van der Waals surface area (Å²) in [6.07, 6.45) is 7.40. The smallest absolute Gasteiger partial charge is 0.191 e. The zero-order valence-electron chi connectivity index (χ0n) is 13.0. The Kier molecular flexibility index (Phi) is 4.73. The zero-order valence-corrected chi connectivity index (χ0v) is 13.0. The van der Waals surface area contributed by atoms with E-state index in [1.54, 1.807) is 0 Å². The average molecular weight is 297 g/mol. The Morgan fingerprint density at radius 3 is 2.91 bits per heavy atom.